The van der Waals surface area contributed by atoms with Gasteiger partial charge in [-0.25, -0.2) is 0 Å². The Morgan fingerprint density at radius 3 is 3.00 bits per heavy atom. The normalized spacial score (nSPS) is 11.0. The first-order valence-corrected chi connectivity index (χ1v) is 9.84. The highest BCUT2D eigenvalue weighted by molar-refractivity contribution is 8.00. The molecule has 0 aliphatic heterocycles. The average molecular weight is 384 g/mol. The van der Waals surface area contributed by atoms with Gasteiger partial charge in [0.05, 0.1) is 11.7 Å². The van der Waals surface area contributed by atoms with Gasteiger partial charge in [-0.3, -0.25) is 5.10 Å². The number of hydrogen-bond donors (Lipinski definition) is 4. The van der Waals surface area contributed by atoms with Gasteiger partial charge in [0.25, 0.3) is 0 Å². The second-order valence-electron chi connectivity index (χ2n) is 5.53. The molecule has 0 aliphatic carbocycles. The number of rotatable bonds is 7. The van der Waals surface area contributed by atoms with E-state index in [0.717, 1.165) is 43.7 Å². The van der Waals surface area contributed by atoms with Crippen molar-refractivity contribution in [2.24, 2.45) is 5.73 Å². The summed E-state index contributed by atoms with van der Waals surface area (Å²) >= 11 is 3.11. The summed E-state index contributed by atoms with van der Waals surface area (Å²) in [6.45, 7) is 0.646. The molecule has 0 fully saturated rings. The van der Waals surface area contributed by atoms with Crippen LogP contribution in [0, 0.1) is 0 Å². The van der Waals surface area contributed by atoms with Crippen molar-refractivity contribution in [2.45, 2.75) is 0 Å². The molecule has 2 aromatic heterocycles. The van der Waals surface area contributed by atoms with Crippen molar-refractivity contribution in [1.29, 1.82) is 0 Å². The maximum absolute atomic E-state index is 5.51. The zero-order valence-electron chi connectivity index (χ0n) is 13.8. The Kier molecular flexibility index (Phi) is 5.00. The maximum atomic E-state index is 5.51. The lowest BCUT2D eigenvalue weighted by Gasteiger charge is -2.05. The first-order valence-electron chi connectivity index (χ1n) is 8.04. The standard InChI is InChI=1S/C17H17N7S2/c18-6-7-25-24-14-3-1-2-11(8-14)16-22-23-17(26-16)20-13-4-5-15-12(9-13)10-19-21-15/h1-5,8-10,24H,6-7,18H2,(H,19,21)(H,20,23). The smallest absolute Gasteiger partial charge is 0.210 e. The predicted molar refractivity (Wildman–Crippen MR) is 110 cm³/mol. The number of anilines is 3. The number of fused-ring (bicyclic) bond motifs is 1. The molecule has 9 heteroatoms. The van der Waals surface area contributed by atoms with Crippen LogP contribution in [0.4, 0.5) is 16.5 Å². The van der Waals surface area contributed by atoms with Crippen LogP contribution in [0.25, 0.3) is 21.5 Å². The number of nitrogens with two attached hydrogens (primary N) is 1. The highest BCUT2D eigenvalue weighted by atomic mass is 32.2. The second-order valence-corrected chi connectivity index (χ2v) is 7.41. The summed E-state index contributed by atoms with van der Waals surface area (Å²) in [5, 5.41) is 21.5. The van der Waals surface area contributed by atoms with Gasteiger partial charge in [0, 0.05) is 34.6 Å². The highest BCUT2D eigenvalue weighted by Crippen LogP contribution is 2.30. The zero-order valence-corrected chi connectivity index (χ0v) is 15.4. The van der Waals surface area contributed by atoms with Crippen molar-refractivity contribution in [2.75, 3.05) is 22.3 Å². The molecular weight excluding hydrogens is 366 g/mol. The molecule has 0 saturated heterocycles. The molecule has 2 aromatic carbocycles. The molecule has 5 N–H and O–H groups in total. The fourth-order valence-electron chi connectivity index (χ4n) is 2.44. The van der Waals surface area contributed by atoms with Crippen molar-refractivity contribution in [3.05, 3.63) is 48.7 Å². The van der Waals surface area contributed by atoms with Crippen molar-refractivity contribution < 1.29 is 0 Å². The zero-order chi connectivity index (χ0) is 17.8. The quantitative estimate of drug-likeness (QED) is 0.284. The van der Waals surface area contributed by atoms with Crippen LogP contribution in [0.5, 0.6) is 0 Å². The molecule has 0 spiro atoms. The summed E-state index contributed by atoms with van der Waals surface area (Å²) in [5.41, 5.74) is 9.52. The summed E-state index contributed by atoms with van der Waals surface area (Å²) < 4.78 is 3.29. The Balaban J connectivity index is 1.49. The molecule has 4 aromatic rings. The number of nitrogens with one attached hydrogen (secondary N) is 3. The number of benzene rings is 2. The van der Waals surface area contributed by atoms with Gasteiger partial charge in [0.1, 0.15) is 5.01 Å². The molecular formula is C17H17N7S2. The Labute approximate surface area is 158 Å². The Morgan fingerprint density at radius 2 is 2.08 bits per heavy atom. The number of hydrogen-bond acceptors (Lipinski definition) is 8. The van der Waals surface area contributed by atoms with Crippen LogP contribution in [-0.4, -0.2) is 32.7 Å². The van der Waals surface area contributed by atoms with E-state index >= 15 is 0 Å². The van der Waals surface area contributed by atoms with Crippen molar-refractivity contribution >= 4 is 50.7 Å². The second kappa shape index (κ2) is 7.73. The van der Waals surface area contributed by atoms with Crippen molar-refractivity contribution in [3.63, 3.8) is 0 Å². The van der Waals surface area contributed by atoms with Gasteiger partial charge in [-0.05, 0) is 30.3 Å². The van der Waals surface area contributed by atoms with Crippen LogP contribution in [0.15, 0.2) is 48.7 Å². The maximum Gasteiger partial charge on any atom is 0.210 e. The molecule has 0 radical (unpaired) electrons. The number of aromatic nitrogens is 4. The highest BCUT2D eigenvalue weighted by Gasteiger charge is 2.08. The first kappa shape index (κ1) is 16.8. The molecule has 0 bridgehead atoms. The summed E-state index contributed by atoms with van der Waals surface area (Å²) in [4.78, 5) is 0. The average Bonchev–Trinajstić information content (AvgIpc) is 3.31. The fraction of sp³-hybridized carbons (Fsp3) is 0.118. The third-order valence-electron chi connectivity index (χ3n) is 3.64. The van der Waals surface area contributed by atoms with Crippen LogP contribution in [-0.2, 0) is 0 Å². The minimum absolute atomic E-state index is 0.646. The van der Waals surface area contributed by atoms with E-state index in [-0.39, 0.29) is 0 Å². The minimum atomic E-state index is 0.646. The van der Waals surface area contributed by atoms with Crippen molar-refractivity contribution in [3.8, 4) is 10.6 Å². The number of aromatic amines is 1. The first-order chi connectivity index (χ1) is 12.8. The lowest BCUT2D eigenvalue weighted by atomic mass is 10.2. The minimum Gasteiger partial charge on any atom is -0.330 e. The van der Waals surface area contributed by atoms with Gasteiger partial charge in [0.2, 0.25) is 5.13 Å². The van der Waals surface area contributed by atoms with Gasteiger partial charge in [0.15, 0.2) is 0 Å². The van der Waals surface area contributed by atoms with Crippen LogP contribution in [0.1, 0.15) is 0 Å². The van der Waals surface area contributed by atoms with E-state index in [2.05, 4.69) is 36.5 Å². The van der Waals surface area contributed by atoms with E-state index in [9.17, 15) is 0 Å². The molecule has 0 amide bonds. The monoisotopic (exact) mass is 383 g/mol. The number of nitrogens with zero attached hydrogens (tertiary/aromatic N) is 3. The van der Waals surface area contributed by atoms with Crippen LogP contribution < -0.4 is 15.8 Å². The van der Waals surface area contributed by atoms with E-state index < -0.39 is 0 Å². The lowest BCUT2D eigenvalue weighted by molar-refractivity contribution is 1.10. The Bertz CT molecular complexity index is 1010. The number of H-pyrrole nitrogens is 1. The van der Waals surface area contributed by atoms with Gasteiger partial charge >= 0.3 is 0 Å². The summed E-state index contributed by atoms with van der Waals surface area (Å²) in [7, 11) is 0. The van der Waals surface area contributed by atoms with E-state index in [0.29, 0.717) is 6.54 Å². The molecule has 7 nitrogen and oxygen atoms in total. The Hall–Kier alpha value is -2.62. The fourth-order valence-corrected chi connectivity index (χ4v) is 3.72. The van der Waals surface area contributed by atoms with Gasteiger partial charge in [-0.2, -0.15) is 5.10 Å². The molecule has 4 rings (SSSR count). The van der Waals surface area contributed by atoms with Gasteiger partial charge in [-0.15, -0.1) is 10.2 Å². The molecule has 0 aliphatic rings. The van der Waals surface area contributed by atoms with Crippen molar-refractivity contribution in [1.82, 2.24) is 20.4 Å². The molecule has 0 atom stereocenters. The third-order valence-corrected chi connectivity index (χ3v) is 5.34. The summed E-state index contributed by atoms with van der Waals surface area (Å²) in [5.74, 6) is 0.859. The molecule has 26 heavy (non-hydrogen) atoms. The third kappa shape index (κ3) is 3.79. The van der Waals surface area contributed by atoms with E-state index in [1.54, 1.807) is 18.1 Å². The molecule has 132 valence electrons. The summed E-state index contributed by atoms with van der Waals surface area (Å²) in [6, 6.07) is 14.1. The predicted octanol–water partition coefficient (Wildman–Crippen LogP) is 3.84. The summed E-state index contributed by atoms with van der Waals surface area (Å²) in [6.07, 6.45) is 1.80. The molecule has 0 unspecified atom stereocenters. The van der Waals surface area contributed by atoms with Gasteiger partial charge < -0.3 is 15.8 Å². The van der Waals surface area contributed by atoms with Crippen LogP contribution in [0.3, 0.4) is 0 Å². The van der Waals surface area contributed by atoms with E-state index in [1.165, 1.54) is 11.3 Å². The largest absolute Gasteiger partial charge is 0.330 e. The van der Waals surface area contributed by atoms with Crippen LogP contribution in [0.2, 0.25) is 0 Å². The Morgan fingerprint density at radius 1 is 1.12 bits per heavy atom. The lowest BCUT2D eigenvalue weighted by Crippen LogP contribution is -2.03. The van der Waals surface area contributed by atoms with Crippen LogP contribution >= 0.6 is 23.3 Å². The SMILES string of the molecule is NCCSNc1cccc(-c2nnc(Nc3ccc4[nH]ncc4c3)s2)c1. The van der Waals surface area contributed by atoms with E-state index in [1.807, 2.05) is 36.4 Å². The molecule has 2 heterocycles. The topological polar surface area (TPSA) is 105 Å². The molecule has 0 saturated carbocycles. The van der Waals surface area contributed by atoms with Gasteiger partial charge in [-0.1, -0.05) is 35.4 Å². The van der Waals surface area contributed by atoms with E-state index in [4.69, 9.17) is 5.73 Å².